The van der Waals surface area contributed by atoms with Gasteiger partial charge >= 0.3 is 6.03 Å². The number of carbonyl (C=O) groups excluding carboxylic acids is 2. The molecule has 0 radical (unpaired) electrons. The monoisotopic (exact) mass is 353 g/mol. The average Bonchev–Trinajstić information content (AvgIpc) is 2.89. The highest BCUT2D eigenvalue weighted by atomic mass is 19.3. The number of halogens is 2. The van der Waals surface area contributed by atoms with Gasteiger partial charge in [0.25, 0.3) is 6.43 Å². The standard InChI is InChI=1S/C15H17F2N5O3/c1-22-13(14(16)17)10(8-19-22)21-15(24)20-9-4-2-3-5-11(9)25-7-6-12(18)23/h2-5,8,14H,6-7H2,1H3,(H2,18,23)(H2,20,21,24). The summed E-state index contributed by atoms with van der Waals surface area (Å²) in [6.07, 6.45) is -1.63. The van der Waals surface area contributed by atoms with E-state index in [1.807, 2.05) is 0 Å². The van der Waals surface area contributed by atoms with Gasteiger partial charge in [0, 0.05) is 7.05 Å². The van der Waals surface area contributed by atoms with Crippen LogP contribution in [0.5, 0.6) is 5.75 Å². The Kier molecular flexibility index (Phi) is 5.88. The number of anilines is 2. The van der Waals surface area contributed by atoms with Crippen LogP contribution in [0.25, 0.3) is 0 Å². The lowest BCUT2D eigenvalue weighted by molar-refractivity contribution is -0.118. The van der Waals surface area contributed by atoms with Crippen LogP contribution in [0.1, 0.15) is 18.5 Å². The van der Waals surface area contributed by atoms with Crippen molar-refractivity contribution in [2.75, 3.05) is 17.2 Å². The van der Waals surface area contributed by atoms with Gasteiger partial charge in [-0.1, -0.05) is 12.1 Å². The zero-order valence-electron chi connectivity index (χ0n) is 13.3. The van der Waals surface area contributed by atoms with E-state index < -0.39 is 24.1 Å². The quantitative estimate of drug-likeness (QED) is 0.709. The summed E-state index contributed by atoms with van der Waals surface area (Å²) in [4.78, 5) is 22.8. The van der Waals surface area contributed by atoms with Crippen molar-refractivity contribution in [2.45, 2.75) is 12.8 Å². The molecule has 0 saturated heterocycles. The van der Waals surface area contributed by atoms with Gasteiger partial charge < -0.3 is 21.1 Å². The van der Waals surface area contributed by atoms with Crippen molar-refractivity contribution in [1.82, 2.24) is 9.78 Å². The Morgan fingerprint density at radius 2 is 1.96 bits per heavy atom. The summed E-state index contributed by atoms with van der Waals surface area (Å²) in [5, 5.41) is 8.52. The molecule has 1 heterocycles. The Morgan fingerprint density at radius 1 is 1.28 bits per heavy atom. The number of ether oxygens (including phenoxy) is 1. The number of nitrogens with one attached hydrogen (secondary N) is 2. The maximum Gasteiger partial charge on any atom is 0.323 e. The Labute approximate surface area is 141 Å². The summed E-state index contributed by atoms with van der Waals surface area (Å²) >= 11 is 0. The molecule has 0 bridgehead atoms. The first-order chi connectivity index (χ1) is 11.9. The molecule has 0 atom stereocenters. The third-order valence-corrected chi connectivity index (χ3v) is 3.18. The van der Waals surface area contributed by atoms with Crippen LogP contribution in [0.15, 0.2) is 30.5 Å². The highest BCUT2D eigenvalue weighted by Gasteiger charge is 2.20. The van der Waals surface area contributed by atoms with E-state index in [2.05, 4.69) is 15.7 Å². The van der Waals surface area contributed by atoms with Crippen molar-refractivity contribution in [3.05, 3.63) is 36.2 Å². The van der Waals surface area contributed by atoms with Gasteiger partial charge in [0.05, 0.1) is 30.6 Å². The van der Waals surface area contributed by atoms with Gasteiger partial charge in [0.15, 0.2) is 0 Å². The first-order valence-corrected chi connectivity index (χ1v) is 7.26. The fourth-order valence-electron chi connectivity index (χ4n) is 2.04. The molecule has 0 unspecified atom stereocenters. The van der Waals surface area contributed by atoms with E-state index >= 15 is 0 Å². The van der Waals surface area contributed by atoms with E-state index in [9.17, 15) is 18.4 Å². The molecule has 4 N–H and O–H groups in total. The summed E-state index contributed by atoms with van der Waals surface area (Å²) in [6, 6.07) is 5.76. The zero-order valence-corrected chi connectivity index (χ0v) is 13.3. The van der Waals surface area contributed by atoms with Crippen molar-refractivity contribution in [1.29, 1.82) is 0 Å². The number of aryl methyl sites for hydroxylation is 1. The van der Waals surface area contributed by atoms with Crippen molar-refractivity contribution < 1.29 is 23.1 Å². The predicted octanol–water partition coefficient (Wildman–Crippen LogP) is 2.26. The topological polar surface area (TPSA) is 111 Å². The van der Waals surface area contributed by atoms with Crippen molar-refractivity contribution in [3.63, 3.8) is 0 Å². The van der Waals surface area contributed by atoms with Crippen molar-refractivity contribution >= 4 is 23.3 Å². The van der Waals surface area contributed by atoms with Crippen LogP contribution in [-0.2, 0) is 11.8 Å². The molecule has 10 heteroatoms. The highest BCUT2D eigenvalue weighted by Crippen LogP contribution is 2.27. The number of hydrogen-bond acceptors (Lipinski definition) is 4. The molecule has 0 fully saturated rings. The molecule has 1 aromatic heterocycles. The van der Waals surface area contributed by atoms with Crippen molar-refractivity contribution in [2.24, 2.45) is 12.8 Å². The van der Waals surface area contributed by atoms with Gasteiger partial charge in [-0.15, -0.1) is 0 Å². The summed E-state index contributed by atoms with van der Waals surface area (Å²) in [7, 11) is 1.35. The molecule has 1 aromatic carbocycles. The third kappa shape index (κ3) is 4.90. The minimum atomic E-state index is -2.78. The Bertz CT molecular complexity index is 763. The molecule has 25 heavy (non-hydrogen) atoms. The molecule has 0 aliphatic rings. The minimum absolute atomic E-state index is 0.0218. The third-order valence-electron chi connectivity index (χ3n) is 3.18. The molecule has 0 spiro atoms. The van der Waals surface area contributed by atoms with Gasteiger partial charge in [0.2, 0.25) is 5.91 Å². The van der Waals surface area contributed by atoms with Gasteiger partial charge in [-0.2, -0.15) is 5.10 Å². The average molecular weight is 353 g/mol. The molecular formula is C15H17F2N5O3. The molecule has 2 rings (SSSR count). The number of aromatic nitrogens is 2. The lowest BCUT2D eigenvalue weighted by Crippen LogP contribution is -2.21. The Hall–Kier alpha value is -3.17. The number of hydrogen-bond donors (Lipinski definition) is 3. The fraction of sp³-hybridized carbons (Fsp3) is 0.267. The van der Waals surface area contributed by atoms with E-state index in [-0.39, 0.29) is 18.7 Å². The number of alkyl halides is 2. The summed E-state index contributed by atoms with van der Waals surface area (Å²) in [6.45, 7) is 0.0494. The number of rotatable bonds is 7. The Balaban J connectivity index is 2.05. The predicted molar refractivity (Wildman–Crippen MR) is 86.6 cm³/mol. The molecule has 3 amide bonds. The van der Waals surface area contributed by atoms with Crippen LogP contribution in [0.2, 0.25) is 0 Å². The summed E-state index contributed by atoms with van der Waals surface area (Å²) in [5.74, 6) is -0.196. The number of urea groups is 1. The number of nitrogens with two attached hydrogens (primary N) is 1. The Morgan fingerprint density at radius 3 is 2.64 bits per heavy atom. The second-order valence-electron chi connectivity index (χ2n) is 5.01. The van der Waals surface area contributed by atoms with E-state index in [0.717, 1.165) is 10.9 Å². The molecular weight excluding hydrogens is 336 g/mol. The largest absolute Gasteiger partial charge is 0.491 e. The van der Waals surface area contributed by atoms with Crippen LogP contribution < -0.4 is 21.1 Å². The van der Waals surface area contributed by atoms with Crippen LogP contribution in [0.4, 0.5) is 25.0 Å². The molecule has 0 aliphatic carbocycles. The smallest absolute Gasteiger partial charge is 0.323 e. The van der Waals surface area contributed by atoms with Crippen LogP contribution in [0, 0.1) is 0 Å². The fourth-order valence-corrected chi connectivity index (χ4v) is 2.04. The summed E-state index contributed by atoms with van der Waals surface area (Å²) in [5.41, 5.74) is 4.85. The highest BCUT2D eigenvalue weighted by molar-refractivity contribution is 6.00. The lowest BCUT2D eigenvalue weighted by Gasteiger charge is -2.13. The first kappa shape index (κ1) is 18.2. The number of nitrogens with zero attached hydrogens (tertiary/aromatic N) is 2. The molecule has 0 aliphatic heterocycles. The molecule has 2 aromatic rings. The van der Waals surface area contributed by atoms with Crippen LogP contribution in [-0.4, -0.2) is 28.3 Å². The van der Waals surface area contributed by atoms with Crippen LogP contribution in [0.3, 0.4) is 0 Å². The second-order valence-corrected chi connectivity index (χ2v) is 5.01. The van der Waals surface area contributed by atoms with Gasteiger partial charge in [-0.25, -0.2) is 13.6 Å². The normalized spacial score (nSPS) is 10.6. The van der Waals surface area contributed by atoms with Gasteiger partial charge in [-0.05, 0) is 12.1 Å². The maximum absolute atomic E-state index is 13.0. The number of carbonyl (C=O) groups is 2. The van der Waals surface area contributed by atoms with E-state index in [4.69, 9.17) is 10.5 Å². The second kappa shape index (κ2) is 8.08. The zero-order chi connectivity index (χ0) is 18.4. The van der Waals surface area contributed by atoms with Gasteiger partial charge in [0.1, 0.15) is 11.4 Å². The maximum atomic E-state index is 13.0. The number of primary amides is 1. The molecule has 134 valence electrons. The summed E-state index contributed by atoms with van der Waals surface area (Å²) < 4.78 is 32.3. The minimum Gasteiger partial charge on any atom is -0.491 e. The van der Waals surface area contributed by atoms with E-state index in [0.29, 0.717) is 11.4 Å². The first-order valence-electron chi connectivity index (χ1n) is 7.26. The van der Waals surface area contributed by atoms with Gasteiger partial charge in [-0.3, -0.25) is 9.48 Å². The van der Waals surface area contributed by atoms with E-state index in [1.165, 1.54) is 7.05 Å². The number of benzene rings is 1. The van der Waals surface area contributed by atoms with Crippen molar-refractivity contribution in [3.8, 4) is 5.75 Å². The lowest BCUT2D eigenvalue weighted by atomic mass is 10.3. The van der Waals surface area contributed by atoms with Crippen LogP contribution >= 0.6 is 0 Å². The SMILES string of the molecule is Cn1ncc(NC(=O)Nc2ccccc2OCCC(N)=O)c1C(F)F. The number of amides is 3. The number of para-hydroxylation sites is 2. The molecule has 8 nitrogen and oxygen atoms in total. The molecule has 0 saturated carbocycles. The van der Waals surface area contributed by atoms with E-state index in [1.54, 1.807) is 24.3 Å².